The number of anilines is 1. The molecule has 2 aromatic rings. The van der Waals surface area contributed by atoms with Crippen LogP contribution in [0.25, 0.3) is 6.08 Å². The maximum atomic E-state index is 12.9. The van der Waals surface area contributed by atoms with E-state index < -0.39 is 15.9 Å². The first-order chi connectivity index (χ1) is 12.9. The van der Waals surface area contributed by atoms with Crippen molar-refractivity contribution in [2.75, 3.05) is 31.6 Å². The van der Waals surface area contributed by atoms with Crippen molar-refractivity contribution in [1.29, 1.82) is 0 Å². The van der Waals surface area contributed by atoms with E-state index in [1.807, 2.05) is 0 Å². The van der Waals surface area contributed by atoms with Crippen molar-refractivity contribution in [2.24, 2.45) is 0 Å². The topological polar surface area (TPSA) is 75.7 Å². The molecule has 0 unspecified atom stereocenters. The van der Waals surface area contributed by atoms with Gasteiger partial charge in [-0.15, -0.1) is 0 Å². The first-order valence-corrected chi connectivity index (χ1v) is 9.82. The molecule has 8 heteroatoms. The number of hydrogen-bond donors (Lipinski definition) is 1. The van der Waals surface area contributed by atoms with Crippen molar-refractivity contribution >= 4 is 27.7 Å². The van der Waals surface area contributed by atoms with Gasteiger partial charge in [0.1, 0.15) is 5.82 Å². The van der Waals surface area contributed by atoms with Crippen molar-refractivity contribution < 1.29 is 22.3 Å². The summed E-state index contributed by atoms with van der Waals surface area (Å²) in [7, 11) is -3.63. The molecule has 142 valence electrons. The van der Waals surface area contributed by atoms with Crippen molar-refractivity contribution in [3.05, 3.63) is 66.0 Å². The van der Waals surface area contributed by atoms with Crippen LogP contribution in [0.4, 0.5) is 10.1 Å². The highest BCUT2D eigenvalue weighted by Crippen LogP contribution is 2.20. The molecule has 27 heavy (non-hydrogen) atoms. The predicted octanol–water partition coefficient (Wildman–Crippen LogP) is 2.50. The quantitative estimate of drug-likeness (QED) is 0.796. The Morgan fingerprint density at radius 1 is 1.11 bits per heavy atom. The summed E-state index contributed by atoms with van der Waals surface area (Å²) in [6.45, 7) is 1.34. The zero-order valence-electron chi connectivity index (χ0n) is 14.5. The van der Waals surface area contributed by atoms with E-state index in [0.717, 1.165) is 0 Å². The number of halogens is 1. The summed E-state index contributed by atoms with van der Waals surface area (Å²) in [5, 5.41) is 2.63. The average molecular weight is 390 g/mol. The zero-order valence-corrected chi connectivity index (χ0v) is 15.3. The second-order valence-corrected chi connectivity index (χ2v) is 7.86. The van der Waals surface area contributed by atoms with Crippen LogP contribution in [0.2, 0.25) is 0 Å². The smallest absolute Gasteiger partial charge is 0.248 e. The normalized spacial score (nSPS) is 15.7. The Kier molecular flexibility index (Phi) is 6.00. The molecule has 0 saturated carbocycles. The number of nitrogens with zero attached hydrogens (tertiary/aromatic N) is 1. The fourth-order valence-corrected chi connectivity index (χ4v) is 4.05. The van der Waals surface area contributed by atoms with Gasteiger partial charge in [0.05, 0.1) is 18.1 Å². The van der Waals surface area contributed by atoms with Gasteiger partial charge in [0.2, 0.25) is 15.9 Å². The number of morpholine rings is 1. The molecule has 1 aliphatic heterocycles. The van der Waals surface area contributed by atoms with Gasteiger partial charge in [0.15, 0.2) is 0 Å². The number of nitrogens with one attached hydrogen (secondary N) is 1. The number of carbonyl (C=O) groups is 1. The molecule has 0 bridgehead atoms. The van der Waals surface area contributed by atoms with Crippen LogP contribution in [0.3, 0.4) is 0 Å². The first-order valence-electron chi connectivity index (χ1n) is 8.38. The maximum Gasteiger partial charge on any atom is 0.248 e. The zero-order chi connectivity index (χ0) is 19.3. The fourth-order valence-electron chi connectivity index (χ4n) is 2.60. The second-order valence-electron chi connectivity index (χ2n) is 5.92. The van der Waals surface area contributed by atoms with Crippen LogP contribution in [0.15, 0.2) is 59.5 Å². The van der Waals surface area contributed by atoms with Crippen molar-refractivity contribution in [1.82, 2.24) is 4.31 Å². The molecule has 0 radical (unpaired) electrons. The average Bonchev–Trinajstić information content (AvgIpc) is 2.68. The molecule has 0 aromatic heterocycles. The highest BCUT2D eigenvalue weighted by atomic mass is 32.2. The van der Waals surface area contributed by atoms with Gasteiger partial charge in [-0.25, -0.2) is 12.8 Å². The highest BCUT2D eigenvalue weighted by molar-refractivity contribution is 7.89. The minimum absolute atomic E-state index is 0.115. The summed E-state index contributed by atoms with van der Waals surface area (Å²) in [5.74, 6) is -0.768. The molecule has 6 nitrogen and oxygen atoms in total. The van der Waals surface area contributed by atoms with Crippen LogP contribution in [0.1, 0.15) is 5.56 Å². The maximum absolute atomic E-state index is 12.9. The Labute approximate surface area is 157 Å². The lowest BCUT2D eigenvalue weighted by Crippen LogP contribution is -2.40. The van der Waals surface area contributed by atoms with Gasteiger partial charge in [-0.3, -0.25) is 4.79 Å². The number of rotatable bonds is 5. The molecule has 1 amide bonds. The van der Waals surface area contributed by atoms with E-state index in [-0.39, 0.29) is 10.7 Å². The van der Waals surface area contributed by atoms with E-state index in [9.17, 15) is 17.6 Å². The van der Waals surface area contributed by atoms with E-state index in [0.29, 0.717) is 37.6 Å². The molecular weight excluding hydrogens is 371 g/mol. The van der Waals surface area contributed by atoms with Crippen molar-refractivity contribution in [3.8, 4) is 0 Å². The van der Waals surface area contributed by atoms with Crippen molar-refractivity contribution in [3.63, 3.8) is 0 Å². The molecule has 1 aliphatic rings. The van der Waals surface area contributed by atoms with Crippen LogP contribution in [0.5, 0.6) is 0 Å². The minimum atomic E-state index is -3.63. The van der Waals surface area contributed by atoms with Crippen LogP contribution in [-0.4, -0.2) is 44.9 Å². The van der Waals surface area contributed by atoms with E-state index in [4.69, 9.17) is 4.74 Å². The summed E-state index contributed by atoms with van der Waals surface area (Å²) < 4.78 is 44.8. The van der Waals surface area contributed by atoms with Gasteiger partial charge in [-0.05, 0) is 42.0 Å². The lowest BCUT2D eigenvalue weighted by molar-refractivity contribution is -0.111. The molecule has 0 aliphatic carbocycles. The van der Waals surface area contributed by atoms with Gasteiger partial charge in [0.25, 0.3) is 0 Å². The summed E-state index contributed by atoms with van der Waals surface area (Å²) in [4.78, 5) is 12.2. The van der Waals surface area contributed by atoms with E-state index in [1.54, 1.807) is 30.3 Å². The minimum Gasteiger partial charge on any atom is -0.379 e. The Bertz CT molecular complexity index is 936. The van der Waals surface area contributed by atoms with Gasteiger partial charge >= 0.3 is 0 Å². The lowest BCUT2D eigenvalue weighted by Gasteiger charge is -2.26. The second kappa shape index (κ2) is 8.43. The fraction of sp³-hybridized carbons (Fsp3) is 0.211. The number of sulfonamides is 1. The third-order valence-corrected chi connectivity index (χ3v) is 5.90. The summed E-state index contributed by atoms with van der Waals surface area (Å²) in [6, 6.07) is 11.8. The monoisotopic (exact) mass is 390 g/mol. The summed E-state index contributed by atoms with van der Waals surface area (Å²) in [6.07, 6.45) is 2.85. The van der Waals surface area contributed by atoms with Crippen LogP contribution in [0, 0.1) is 5.82 Å². The Morgan fingerprint density at radius 2 is 1.81 bits per heavy atom. The molecule has 1 N–H and O–H groups in total. The number of hydrogen-bond acceptors (Lipinski definition) is 4. The molecule has 1 heterocycles. The first kappa shape index (κ1) is 19.2. The van der Waals surface area contributed by atoms with Gasteiger partial charge in [-0.1, -0.05) is 18.2 Å². The molecule has 3 rings (SSSR count). The van der Waals surface area contributed by atoms with E-state index in [2.05, 4.69) is 5.32 Å². The number of carbonyl (C=O) groups excluding carboxylic acids is 1. The van der Waals surface area contributed by atoms with E-state index in [1.165, 1.54) is 34.6 Å². The number of ether oxygens (including phenoxy) is 1. The molecule has 0 atom stereocenters. The Morgan fingerprint density at radius 3 is 2.52 bits per heavy atom. The molecule has 1 saturated heterocycles. The number of benzene rings is 2. The summed E-state index contributed by atoms with van der Waals surface area (Å²) in [5.41, 5.74) is 1.05. The number of amides is 1. The molecule has 0 spiro atoms. The van der Waals surface area contributed by atoms with Crippen molar-refractivity contribution in [2.45, 2.75) is 4.90 Å². The largest absolute Gasteiger partial charge is 0.379 e. The van der Waals surface area contributed by atoms with Crippen LogP contribution >= 0.6 is 0 Å². The Balaban J connectivity index is 1.69. The molecule has 1 fully saturated rings. The third-order valence-electron chi connectivity index (χ3n) is 4.01. The lowest BCUT2D eigenvalue weighted by atomic mass is 10.2. The standard InChI is InChI=1S/C19H19FN2O4S/c20-16-7-4-15(5-8-16)6-9-19(23)21-17-2-1-3-18(14-17)27(24,25)22-10-12-26-13-11-22/h1-9,14H,10-13H2,(H,21,23). The Hall–Kier alpha value is -2.55. The van der Waals surface area contributed by atoms with Gasteiger partial charge in [-0.2, -0.15) is 4.31 Å². The van der Waals surface area contributed by atoms with E-state index >= 15 is 0 Å². The molecular formula is C19H19FN2O4S. The third kappa shape index (κ3) is 5.00. The van der Waals surface area contributed by atoms with Crippen LogP contribution < -0.4 is 5.32 Å². The van der Waals surface area contributed by atoms with Gasteiger partial charge in [0, 0.05) is 24.9 Å². The SMILES string of the molecule is O=C(C=Cc1ccc(F)cc1)Nc1cccc(S(=O)(=O)N2CCOCC2)c1. The predicted molar refractivity (Wildman–Crippen MR) is 100 cm³/mol. The summed E-state index contributed by atoms with van der Waals surface area (Å²) >= 11 is 0. The molecule has 2 aromatic carbocycles. The van der Waals surface area contributed by atoms with Crippen LogP contribution in [-0.2, 0) is 19.6 Å². The van der Waals surface area contributed by atoms with Gasteiger partial charge < -0.3 is 10.1 Å². The highest BCUT2D eigenvalue weighted by Gasteiger charge is 2.26.